The lowest BCUT2D eigenvalue weighted by atomic mass is 10.2. The molecule has 7 nitrogen and oxygen atoms in total. The fraction of sp³-hybridized carbons (Fsp3) is 0.278. The second-order valence-corrected chi connectivity index (χ2v) is 7.77. The number of anilines is 1. The maximum Gasteiger partial charge on any atom is 0.322 e. The van der Waals surface area contributed by atoms with Crippen LogP contribution >= 0.6 is 0 Å². The maximum atomic E-state index is 12.7. The molecule has 138 valence electrons. The molecule has 0 spiro atoms. The molecule has 1 fully saturated rings. The van der Waals surface area contributed by atoms with Crippen molar-refractivity contribution < 1.29 is 17.9 Å². The van der Waals surface area contributed by atoms with Crippen molar-refractivity contribution in [2.24, 2.45) is 5.14 Å². The van der Waals surface area contributed by atoms with Gasteiger partial charge >= 0.3 is 6.03 Å². The number of benzene rings is 2. The van der Waals surface area contributed by atoms with Crippen LogP contribution in [-0.4, -0.2) is 32.5 Å². The van der Waals surface area contributed by atoms with E-state index in [1.54, 1.807) is 12.0 Å². The molecule has 0 aliphatic heterocycles. The highest BCUT2D eigenvalue weighted by Gasteiger charge is 2.32. The number of sulfonamides is 1. The van der Waals surface area contributed by atoms with E-state index in [-0.39, 0.29) is 17.0 Å². The Balaban J connectivity index is 1.68. The van der Waals surface area contributed by atoms with Crippen LogP contribution in [0.2, 0.25) is 0 Å². The third-order valence-electron chi connectivity index (χ3n) is 4.19. The maximum absolute atomic E-state index is 12.7. The molecule has 1 aliphatic rings. The van der Waals surface area contributed by atoms with Crippen molar-refractivity contribution in [3.8, 4) is 5.75 Å². The van der Waals surface area contributed by atoms with E-state index in [9.17, 15) is 13.2 Å². The Morgan fingerprint density at radius 2 is 1.77 bits per heavy atom. The summed E-state index contributed by atoms with van der Waals surface area (Å²) in [6, 6.07) is 13.4. The zero-order chi connectivity index (χ0) is 18.7. The number of nitrogens with one attached hydrogen (secondary N) is 1. The second-order valence-electron chi connectivity index (χ2n) is 6.21. The monoisotopic (exact) mass is 375 g/mol. The minimum Gasteiger partial charge on any atom is -0.497 e. The summed E-state index contributed by atoms with van der Waals surface area (Å²) in [6.45, 7) is 0.496. The van der Waals surface area contributed by atoms with Crippen molar-refractivity contribution in [2.45, 2.75) is 30.3 Å². The molecule has 8 heteroatoms. The van der Waals surface area contributed by atoms with Crippen LogP contribution in [0.5, 0.6) is 5.75 Å². The molecule has 0 bridgehead atoms. The molecule has 0 saturated heterocycles. The molecule has 2 amide bonds. The molecule has 3 rings (SSSR count). The summed E-state index contributed by atoms with van der Waals surface area (Å²) in [6.07, 6.45) is 1.96. The van der Waals surface area contributed by atoms with Gasteiger partial charge in [-0.15, -0.1) is 0 Å². The summed E-state index contributed by atoms with van der Waals surface area (Å²) in [7, 11) is -2.14. The number of nitrogens with zero attached hydrogens (tertiary/aromatic N) is 1. The summed E-state index contributed by atoms with van der Waals surface area (Å²) in [4.78, 5) is 14.4. The first kappa shape index (κ1) is 18.2. The first-order valence-corrected chi connectivity index (χ1v) is 9.75. The average molecular weight is 375 g/mol. The Labute approximate surface area is 152 Å². The molecule has 3 N–H and O–H groups in total. The minimum absolute atomic E-state index is 0.00720. The van der Waals surface area contributed by atoms with Crippen LogP contribution in [0.25, 0.3) is 0 Å². The Kier molecular flexibility index (Phi) is 5.15. The summed E-state index contributed by atoms with van der Waals surface area (Å²) in [5.41, 5.74) is 1.53. The number of primary sulfonamides is 1. The Hall–Kier alpha value is -2.58. The third kappa shape index (κ3) is 4.53. The van der Waals surface area contributed by atoms with Crippen LogP contribution in [-0.2, 0) is 16.6 Å². The van der Waals surface area contributed by atoms with Crippen molar-refractivity contribution in [3.63, 3.8) is 0 Å². The lowest BCUT2D eigenvalue weighted by Gasteiger charge is -2.23. The Morgan fingerprint density at radius 1 is 1.15 bits per heavy atom. The van der Waals surface area contributed by atoms with Crippen LogP contribution in [0, 0.1) is 0 Å². The zero-order valence-corrected chi connectivity index (χ0v) is 15.2. The SMILES string of the molecule is COc1ccc(CN(C(=O)Nc2ccc(S(N)(=O)=O)cc2)C2CC2)cc1. The highest BCUT2D eigenvalue weighted by atomic mass is 32.2. The number of hydrogen-bond acceptors (Lipinski definition) is 4. The lowest BCUT2D eigenvalue weighted by molar-refractivity contribution is 0.206. The first-order valence-electron chi connectivity index (χ1n) is 8.20. The van der Waals surface area contributed by atoms with E-state index in [1.807, 2.05) is 24.3 Å². The fourth-order valence-electron chi connectivity index (χ4n) is 2.60. The van der Waals surface area contributed by atoms with Gasteiger partial charge in [0.1, 0.15) is 5.75 Å². The number of nitrogens with two attached hydrogens (primary N) is 1. The summed E-state index contributed by atoms with van der Waals surface area (Å²) < 4.78 is 27.7. The number of methoxy groups -OCH3 is 1. The van der Waals surface area contributed by atoms with Crippen LogP contribution in [0.4, 0.5) is 10.5 Å². The Morgan fingerprint density at radius 3 is 2.27 bits per heavy atom. The standard InChI is InChI=1S/C18H21N3O4S/c1-25-16-8-2-13(3-9-16)12-21(15-6-7-15)18(22)20-14-4-10-17(11-5-14)26(19,23)24/h2-5,8-11,15H,6-7,12H2,1H3,(H,20,22)(H2,19,23,24). The minimum atomic E-state index is -3.75. The number of rotatable bonds is 6. The molecule has 2 aromatic rings. The predicted octanol–water partition coefficient (Wildman–Crippen LogP) is 2.54. The summed E-state index contributed by atoms with van der Waals surface area (Å²) in [5.74, 6) is 0.770. The van der Waals surface area contributed by atoms with Gasteiger partial charge in [0, 0.05) is 18.3 Å². The molecule has 0 radical (unpaired) electrons. The highest BCUT2D eigenvalue weighted by molar-refractivity contribution is 7.89. The number of hydrogen-bond donors (Lipinski definition) is 2. The van der Waals surface area contributed by atoms with Gasteiger partial charge in [0.2, 0.25) is 10.0 Å². The van der Waals surface area contributed by atoms with Gasteiger partial charge < -0.3 is 15.0 Å². The van der Waals surface area contributed by atoms with Crippen molar-refractivity contribution in [3.05, 3.63) is 54.1 Å². The van der Waals surface area contributed by atoms with E-state index < -0.39 is 10.0 Å². The van der Waals surface area contributed by atoms with E-state index in [4.69, 9.17) is 9.88 Å². The van der Waals surface area contributed by atoms with Crippen molar-refractivity contribution in [1.82, 2.24) is 4.90 Å². The number of carbonyl (C=O) groups excluding carboxylic acids is 1. The van der Waals surface area contributed by atoms with Crippen LogP contribution in [0.1, 0.15) is 18.4 Å². The topological polar surface area (TPSA) is 102 Å². The molecule has 1 saturated carbocycles. The highest BCUT2D eigenvalue weighted by Crippen LogP contribution is 2.29. The van der Waals surface area contributed by atoms with Gasteiger partial charge in [-0.05, 0) is 54.8 Å². The third-order valence-corrected chi connectivity index (χ3v) is 5.12. The van der Waals surface area contributed by atoms with Crippen molar-refractivity contribution >= 4 is 21.7 Å². The zero-order valence-electron chi connectivity index (χ0n) is 14.4. The lowest BCUT2D eigenvalue weighted by Crippen LogP contribution is -2.36. The van der Waals surface area contributed by atoms with Crippen LogP contribution in [0.15, 0.2) is 53.4 Å². The van der Waals surface area contributed by atoms with E-state index in [0.717, 1.165) is 24.2 Å². The smallest absolute Gasteiger partial charge is 0.322 e. The molecule has 0 atom stereocenters. The van der Waals surface area contributed by atoms with Gasteiger partial charge in [-0.1, -0.05) is 12.1 Å². The molecule has 1 aliphatic carbocycles. The van der Waals surface area contributed by atoms with Crippen molar-refractivity contribution in [2.75, 3.05) is 12.4 Å². The molecular weight excluding hydrogens is 354 g/mol. The molecular formula is C18H21N3O4S. The van der Waals surface area contributed by atoms with Gasteiger partial charge in [0.15, 0.2) is 0 Å². The first-order chi connectivity index (χ1) is 12.4. The summed E-state index contributed by atoms with van der Waals surface area (Å²) >= 11 is 0. The van der Waals surface area contributed by atoms with Crippen molar-refractivity contribution in [1.29, 1.82) is 0 Å². The summed E-state index contributed by atoms with van der Waals surface area (Å²) in [5, 5.41) is 7.89. The van der Waals surface area contributed by atoms with E-state index in [2.05, 4.69) is 5.32 Å². The molecule has 26 heavy (non-hydrogen) atoms. The van der Waals surface area contributed by atoms with Gasteiger partial charge in [-0.25, -0.2) is 18.4 Å². The number of ether oxygens (including phenoxy) is 1. The quantitative estimate of drug-likeness (QED) is 0.810. The van der Waals surface area contributed by atoms with Crippen LogP contribution in [0.3, 0.4) is 0 Å². The largest absolute Gasteiger partial charge is 0.497 e. The van der Waals surface area contributed by atoms with E-state index in [0.29, 0.717) is 12.2 Å². The molecule has 2 aromatic carbocycles. The predicted molar refractivity (Wildman–Crippen MR) is 98.4 cm³/mol. The second kappa shape index (κ2) is 7.35. The van der Waals surface area contributed by atoms with Gasteiger partial charge in [0.05, 0.1) is 12.0 Å². The normalized spacial score (nSPS) is 13.9. The average Bonchev–Trinajstić information content (AvgIpc) is 3.44. The number of amides is 2. The van der Waals surface area contributed by atoms with Gasteiger partial charge in [0.25, 0.3) is 0 Å². The van der Waals surface area contributed by atoms with E-state index in [1.165, 1.54) is 24.3 Å². The van der Waals surface area contributed by atoms with Crippen LogP contribution < -0.4 is 15.2 Å². The Bertz CT molecular complexity index is 876. The van der Waals surface area contributed by atoms with Gasteiger partial charge in [-0.3, -0.25) is 0 Å². The number of carbonyl (C=O) groups is 1. The molecule has 0 aromatic heterocycles. The van der Waals surface area contributed by atoms with E-state index >= 15 is 0 Å². The molecule has 0 unspecified atom stereocenters. The fourth-order valence-corrected chi connectivity index (χ4v) is 3.12. The molecule has 0 heterocycles. The van der Waals surface area contributed by atoms with Gasteiger partial charge in [-0.2, -0.15) is 0 Å². The number of urea groups is 1.